The smallest absolute Gasteiger partial charge is 0.271 e. The Bertz CT molecular complexity index is 897. The second kappa shape index (κ2) is 7.13. The van der Waals surface area contributed by atoms with Gasteiger partial charge in [-0.3, -0.25) is 0 Å². The van der Waals surface area contributed by atoms with Gasteiger partial charge < -0.3 is 18.6 Å². The molecular formula is C19H22ClN4O2+. The van der Waals surface area contributed by atoms with Crippen LogP contribution < -0.4 is 9.80 Å². The van der Waals surface area contributed by atoms with E-state index in [-0.39, 0.29) is 0 Å². The van der Waals surface area contributed by atoms with E-state index in [1.54, 1.807) is 0 Å². The highest BCUT2D eigenvalue weighted by Gasteiger charge is 2.23. The topological polar surface area (TPSA) is 59.7 Å². The molecule has 2 aromatic heterocycles. The molecule has 0 saturated carbocycles. The highest BCUT2D eigenvalue weighted by atomic mass is 35.5. The number of quaternary nitrogens is 1. The zero-order chi connectivity index (χ0) is 18.1. The molecule has 0 spiro atoms. The fourth-order valence-corrected chi connectivity index (χ4v) is 3.61. The quantitative estimate of drug-likeness (QED) is 0.761. The minimum atomic E-state index is 0.534. The monoisotopic (exact) mass is 373 g/mol. The molecule has 0 bridgehead atoms. The lowest BCUT2D eigenvalue weighted by Gasteiger charge is -2.33. The van der Waals surface area contributed by atoms with Crippen LogP contribution in [0.1, 0.15) is 17.4 Å². The Hall–Kier alpha value is -2.31. The van der Waals surface area contributed by atoms with E-state index in [9.17, 15) is 0 Å². The van der Waals surface area contributed by atoms with E-state index in [2.05, 4.69) is 21.2 Å². The number of nitrogens with zero attached hydrogens (tertiary/aromatic N) is 3. The largest absolute Gasteiger partial charge is 0.466 e. The van der Waals surface area contributed by atoms with Gasteiger partial charge in [-0.05, 0) is 38.1 Å². The van der Waals surface area contributed by atoms with Crippen molar-refractivity contribution in [1.82, 2.24) is 10.2 Å². The maximum atomic E-state index is 6.10. The van der Waals surface area contributed by atoms with Crippen molar-refractivity contribution in [2.45, 2.75) is 20.4 Å². The standard InChI is InChI=1S/C19H21ClN4O2/c1-13-10-17(14(2)25-13)19-22-21-18(26-19)12-23-6-8-24(9-7-23)16-5-3-4-15(20)11-16/h3-5,10-11H,6-9,12H2,1-2H3/p+1. The summed E-state index contributed by atoms with van der Waals surface area (Å²) in [6.45, 7) is 8.58. The molecule has 1 saturated heterocycles. The number of halogens is 1. The highest BCUT2D eigenvalue weighted by molar-refractivity contribution is 6.30. The van der Waals surface area contributed by atoms with Gasteiger partial charge in [0.05, 0.1) is 31.7 Å². The average Bonchev–Trinajstić information content (AvgIpc) is 3.21. The van der Waals surface area contributed by atoms with E-state index in [1.165, 1.54) is 10.6 Å². The molecule has 0 amide bonds. The van der Waals surface area contributed by atoms with Gasteiger partial charge >= 0.3 is 0 Å². The number of aromatic nitrogens is 2. The van der Waals surface area contributed by atoms with E-state index < -0.39 is 0 Å². The maximum Gasteiger partial charge on any atom is 0.271 e. The van der Waals surface area contributed by atoms with E-state index in [0.29, 0.717) is 11.8 Å². The summed E-state index contributed by atoms with van der Waals surface area (Å²) in [7, 11) is 0. The van der Waals surface area contributed by atoms with Crippen molar-refractivity contribution in [2.75, 3.05) is 31.1 Å². The summed E-state index contributed by atoms with van der Waals surface area (Å²) in [4.78, 5) is 3.81. The number of benzene rings is 1. The first kappa shape index (κ1) is 17.1. The molecule has 0 atom stereocenters. The summed E-state index contributed by atoms with van der Waals surface area (Å²) >= 11 is 6.10. The molecule has 1 aliphatic rings. The van der Waals surface area contributed by atoms with Crippen molar-refractivity contribution in [2.24, 2.45) is 0 Å². The number of aryl methyl sites for hydroxylation is 2. The molecular weight excluding hydrogens is 352 g/mol. The Morgan fingerprint density at radius 1 is 1.12 bits per heavy atom. The molecule has 3 heterocycles. The highest BCUT2D eigenvalue weighted by Crippen LogP contribution is 2.25. The maximum absolute atomic E-state index is 6.10. The van der Waals surface area contributed by atoms with Crippen molar-refractivity contribution in [3.63, 3.8) is 0 Å². The third-order valence-electron chi connectivity index (χ3n) is 4.78. The Kier molecular flexibility index (Phi) is 4.70. The number of anilines is 1. The van der Waals surface area contributed by atoms with Crippen LogP contribution in [0, 0.1) is 13.8 Å². The molecule has 1 fully saturated rings. The number of hydrogen-bond acceptors (Lipinski definition) is 5. The van der Waals surface area contributed by atoms with Crippen molar-refractivity contribution in [3.8, 4) is 11.5 Å². The molecule has 1 aromatic carbocycles. The van der Waals surface area contributed by atoms with Gasteiger partial charge in [-0.1, -0.05) is 17.7 Å². The lowest BCUT2D eigenvalue weighted by atomic mass is 10.2. The Balaban J connectivity index is 1.37. The number of hydrogen-bond donors (Lipinski definition) is 1. The number of nitrogens with one attached hydrogen (secondary N) is 1. The van der Waals surface area contributed by atoms with E-state index in [1.807, 2.05) is 38.1 Å². The number of piperazine rings is 1. The molecule has 3 aromatic rings. The van der Waals surface area contributed by atoms with Crippen LogP contribution in [0.25, 0.3) is 11.5 Å². The van der Waals surface area contributed by atoms with Crippen LogP contribution >= 0.6 is 11.6 Å². The zero-order valence-corrected chi connectivity index (χ0v) is 15.7. The molecule has 6 nitrogen and oxygen atoms in total. The van der Waals surface area contributed by atoms with E-state index >= 15 is 0 Å². The summed E-state index contributed by atoms with van der Waals surface area (Å²) < 4.78 is 11.4. The van der Waals surface area contributed by atoms with Crippen LogP contribution in [0.15, 0.2) is 39.2 Å². The summed E-state index contributed by atoms with van der Waals surface area (Å²) in [5.41, 5.74) is 2.06. The zero-order valence-electron chi connectivity index (χ0n) is 15.0. The predicted octanol–water partition coefficient (Wildman–Crippen LogP) is 2.50. The lowest BCUT2D eigenvalue weighted by molar-refractivity contribution is -0.915. The van der Waals surface area contributed by atoms with Gasteiger partial charge in [-0.15, -0.1) is 10.2 Å². The lowest BCUT2D eigenvalue weighted by Crippen LogP contribution is -3.13. The van der Waals surface area contributed by atoms with Crippen molar-refractivity contribution in [3.05, 3.63) is 52.8 Å². The molecule has 0 radical (unpaired) electrons. The first-order chi connectivity index (χ1) is 12.6. The third-order valence-corrected chi connectivity index (χ3v) is 5.02. The molecule has 4 rings (SSSR count). The van der Waals surface area contributed by atoms with E-state index in [4.69, 9.17) is 20.4 Å². The van der Waals surface area contributed by atoms with Gasteiger partial charge in [0, 0.05) is 10.7 Å². The normalized spacial score (nSPS) is 15.6. The van der Waals surface area contributed by atoms with Gasteiger partial charge in [0.2, 0.25) is 0 Å². The fourth-order valence-electron chi connectivity index (χ4n) is 3.42. The Morgan fingerprint density at radius 2 is 1.92 bits per heavy atom. The SMILES string of the molecule is Cc1cc(-c2nnc(C[NH+]3CCN(c4cccc(Cl)c4)CC3)o2)c(C)o1. The second-order valence-corrected chi connectivity index (χ2v) is 7.16. The van der Waals surface area contributed by atoms with Crippen molar-refractivity contribution in [1.29, 1.82) is 0 Å². The van der Waals surface area contributed by atoms with Gasteiger partial charge in [-0.25, -0.2) is 0 Å². The number of rotatable bonds is 4. The summed E-state index contributed by atoms with van der Waals surface area (Å²) in [6, 6.07) is 9.96. The molecule has 26 heavy (non-hydrogen) atoms. The average molecular weight is 374 g/mol. The van der Waals surface area contributed by atoms with Gasteiger partial charge in [0.15, 0.2) is 6.54 Å². The van der Waals surface area contributed by atoms with Crippen LogP contribution in [0.5, 0.6) is 0 Å². The van der Waals surface area contributed by atoms with Crippen molar-refractivity contribution < 1.29 is 13.7 Å². The molecule has 0 aliphatic carbocycles. The molecule has 7 heteroatoms. The van der Waals surface area contributed by atoms with Crippen LogP contribution in [-0.4, -0.2) is 36.4 Å². The van der Waals surface area contributed by atoms with Gasteiger partial charge in [0.1, 0.15) is 11.5 Å². The van der Waals surface area contributed by atoms with Crippen molar-refractivity contribution >= 4 is 17.3 Å². The van der Waals surface area contributed by atoms with Crippen LogP contribution in [0.4, 0.5) is 5.69 Å². The molecule has 0 unspecified atom stereocenters. The first-order valence-electron chi connectivity index (χ1n) is 8.82. The van der Waals surface area contributed by atoms with Crippen LogP contribution in [-0.2, 0) is 6.54 Å². The molecule has 1 aliphatic heterocycles. The Labute approximate surface area is 157 Å². The van der Waals surface area contributed by atoms with Crippen LogP contribution in [0.3, 0.4) is 0 Å². The minimum Gasteiger partial charge on any atom is -0.466 e. The minimum absolute atomic E-state index is 0.534. The Morgan fingerprint density at radius 3 is 2.62 bits per heavy atom. The summed E-state index contributed by atoms with van der Waals surface area (Å²) in [6.07, 6.45) is 0. The van der Waals surface area contributed by atoms with E-state index in [0.717, 1.165) is 54.8 Å². The molecule has 136 valence electrons. The summed E-state index contributed by atoms with van der Waals surface area (Å²) in [5, 5.41) is 9.18. The van der Waals surface area contributed by atoms with Gasteiger partial charge in [-0.2, -0.15) is 0 Å². The number of furan rings is 1. The van der Waals surface area contributed by atoms with Gasteiger partial charge in [0.25, 0.3) is 11.8 Å². The summed E-state index contributed by atoms with van der Waals surface area (Å²) in [5.74, 6) is 2.86. The second-order valence-electron chi connectivity index (χ2n) is 6.72. The first-order valence-corrected chi connectivity index (χ1v) is 9.20. The molecule has 1 N–H and O–H groups in total. The fraction of sp³-hybridized carbons (Fsp3) is 0.368. The van der Waals surface area contributed by atoms with Crippen LogP contribution in [0.2, 0.25) is 5.02 Å². The third kappa shape index (κ3) is 3.61. The predicted molar refractivity (Wildman–Crippen MR) is 99.5 cm³/mol.